The number of benzene rings is 3. The molecule has 3 amide bonds. The van der Waals surface area contributed by atoms with Crippen molar-refractivity contribution in [1.29, 1.82) is 0 Å². The monoisotopic (exact) mass is 432 g/mol. The van der Waals surface area contributed by atoms with E-state index in [1.807, 2.05) is 44.2 Å². The van der Waals surface area contributed by atoms with E-state index >= 15 is 0 Å². The summed E-state index contributed by atoms with van der Waals surface area (Å²) in [5.74, 6) is -0.664. The van der Waals surface area contributed by atoms with Gasteiger partial charge in [0.15, 0.2) is 0 Å². The number of hydrogen-bond donors (Lipinski definition) is 5. The summed E-state index contributed by atoms with van der Waals surface area (Å²) in [5, 5.41) is 21.8. The lowest BCUT2D eigenvalue weighted by Gasteiger charge is -2.15. The number of rotatable bonds is 7. The van der Waals surface area contributed by atoms with Crippen molar-refractivity contribution in [2.45, 2.75) is 33.4 Å². The number of aryl methyl sites for hydroxylation is 1. The molecule has 0 atom stereocenters. The van der Waals surface area contributed by atoms with Crippen LogP contribution in [0.1, 0.15) is 35.3 Å². The normalized spacial score (nSPS) is 10.5. The fraction of sp³-hybridized carbons (Fsp3) is 0.200. The Kier molecular flexibility index (Phi) is 7.33. The van der Waals surface area contributed by atoms with Gasteiger partial charge >= 0.3 is 6.03 Å². The van der Waals surface area contributed by atoms with E-state index in [2.05, 4.69) is 40.3 Å². The Morgan fingerprint density at radius 2 is 1.59 bits per heavy atom. The van der Waals surface area contributed by atoms with E-state index in [4.69, 9.17) is 0 Å². The van der Waals surface area contributed by atoms with Crippen LogP contribution in [0, 0.1) is 6.92 Å². The van der Waals surface area contributed by atoms with Crippen LogP contribution in [-0.4, -0.2) is 23.1 Å². The summed E-state index contributed by atoms with van der Waals surface area (Å²) in [4.78, 5) is 24.8. The number of nitrogens with one attached hydrogen (secondary N) is 4. The zero-order chi connectivity index (χ0) is 23.1. The van der Waals surface area contributed by atoms with E-state index in [9.17, 15) is 14.7 Å². The number of carbonyl (C=O) groups excluding carboxylic acids is 2. The van der Waals surface area contributed by atoms with Crippen LogP contribution in [0.15, 0.2) is 66.7 Å². The lowest BCUT2D eigenvalue weighted by Crippen LogP contribution is -2.34. The molecular formula is C25H28N4O3. The molecule has 0 unspecified atom stereocenters. The smallest absolute Gasteiger partial charge is 0.319 e. The highest BCUT2D eigenvalue weighted by Crippen LogP contribution is 2.26. The van der Waals surface area contributed by atoms with Crippen LogP contribution in [-0.2, 0) is 6.54 Å². The summed E-state index contributed by atoms with van der Waals surface area (Å²) < 4.78 is 0. The molecule has 0 radical (unpaired) electrons. The highest BCUT2D eigenvalue weighted by molar-refractivity contribution is 6.08. The van der Waals surface area contributed by atoms with Crippen molar-refractivity contribution in [2.75, 3.05) is 16.0 Å². The van der Waals surface area contributed by atoms with Crippen molar-refractivity contribution < 1.29 is 14.7 Å². The first-order valence-corrected chi connectivity index (χ1v) is 10.4. The van der Waals surface area contributed by atoms with Gasteiger partial charge in [0.2, 0.25) is 0 Å². The number of aromatic hydroxyl groups is 1. The van der Waals surface area contributed by atoms with Crippen molar-refractivity contribution in [3.63, 3.8) is 0 Å². The lowest BCUT2D eigenvalue weighted by atomic mass is 10.1. The van der Waals surface area contributed by atoms with Crippen LogP contribution in [0.3, 0.4) is 0 Å². The highest BCUT2D eigenvalue weighted by Gasteiger charge is 2.15. The van der Waals surface area contributed by atoms with Crippen molar-refractivity contribution >= 4 is 29.0 Å². The molecule has 5 N–H and O–H groups in total. The number of para-hydroxylation sites is 2. The molecule has 7 nitrogen and oxygen atoms in total. The van der Waals surface area contributed by atoms with Crippen LogP contribution in [0.25, 0.3) is 0 Å². The Morgan fingerprint density at radius 1 is 0.906 bits per heavy atom. The second-order valence-corrected chi connectivity index (χ2v) is 7.76. The van der Waals surface area contributed by atoms with Crippen LogP contribution in [0.2, 0.25) is 0 Å². The number of phenols is 1. The summed E-state index contributed by atoms with van der Waals surface area (Å²) in [6.07, 6.45) is 0. The van der Waals surface area contributed by atoms with Crippen LogP contribution in [0.4, 0.5) is 21.9 Å². The maximum absolute atomic E-state index is 12.9. The first-order chi connectivity index (χ1) is 15.3. The minimum Gasteiger partial charge on any atom is -0.507 e. The van der Waals surface area contributed by atoms with Gasteiger partial charge in [-0.3, -0.25) is 4.79 Å². The third-order valence-corrected chi connectivity index (χ3v) is 4.82. The fourth-order valence-electron chi connectivity index (χ4n) is 3.16. The molecule has 0 aliphatic rings. The maximum atomic E-state index is 12.9. The van der Waals surface area contributed by atoms with Crippen LogP contribution >= 0.6 is 0 Å². The van der Waals surface area contributed by atoms with Gasteiger partial charge in [0.05, 0.1) is 16.9 Å². The van der Waals surface area contributed by atoms with E-state index in [1.165, 1.54) is 23.8 Å². The molecular weight excluding hydrogens is 404 g/mol. The van der Waals surface area contributed by atoms with Gasteiger partial charge in [0, 0.05) is 18.3 Å². The number of anilines is 3. The summed E-state index contributed by atoms with van der Waals surface area (Å²) >= 11 is 0. The highest BCUT2D eigenvalue weighted by atomic mass is 16.3. The zero-order valence-corrected chi connectivity index (χ0v) is 18.4. The van der Waals surface area contributed by atoms with Gasteiger partial charge in [0.25, 0.3) is 5.91 Å². The van der Waals surface area contributed by atoms with Crippen molar-refractivity contribution in [2.24, 2.45) is 0 Å². The van der Waals surface area contributed by atoms with E-state index in [0.717, 1.165) is 11.3 Å². The molecule has 32 heavy (non-hydrogen) atoms. The molecule has 0 heterocycles. The molecule has 3 aromatic carbocycles. The molecule has 0 saturated carbocycles. The summed E-state index contributed by atoms with van der Waals surface area (Å²) in [6, 6.07) is 19.4. The third-order valence-electron chi connectivity index (χ3n) is 4.82. The minimum absolute atomic E-state index is 0.0291. The fourth-order valence-corrected chi connectivity index (χ4v) is 3.16. The lowest BCUT2D eigenvalue weighted by molar-refractivity contribution is 0.102. The number of urea groups is 1. The van der Waals surface area contributed by atoms with E-state index in [-0.39, 0.29) is 23.4 Å². The summed E-state index contributed by atoms with van der Waals surface area (Å²) in [6.45, 7) is 6.35. The molecule has 3 rings (SSSR count). The predicted octanol–water partition coefficient (Wildman–Crippen LogP) is 5.09. The molecule has 166 valence electrons. The Hall–Kier alpha value is -4.00. The van der Waals surface area contributed by atoms with Crippen molar-refractivity contribution in [3.05, 3.63) is 83.4 Å². The standard InChI is InChI=1S/C25H28N4O3/c1-16(2)27-25(32)28-19-12-13-23(30)20(14-19)24(31)29-22-11-7-6-10-21(22)26-15-18-9-5-4-8-17(18)3/h4-14,16,26,30H,15H2,1-3H3,(H,29,31)(H2,27,28,32). The summed E-state index contributed by atoms with van der Waals surface area (Å²) in [7, 11) is 0. The number of hydrogen-bond acceptors (Lipinski definition) is 4. The molecule has 7 heteroatoms. The average Bonchev–Trinajstić information content (AvgIpc) is 2.75. The number of amides is 3. The minimum atomic E-state index is -0.486. The van der Waals surface area contributed by atoms with Crippen molar-refractivity contribution in [3.8, 4) is 5.75 Å². The zero-order valence-electron chi connectivity index (χ0n) is 18.4. The molecule has 0 bridgehead atoms. The van der Waals surface area contributed by atoms with E-state index < -0.39 is 5.91 Å². The van der Waals surface area contributed by atoms with Gasteiger partial charge in [-0.15, -0.1) is 0 Å². The topological polar surface area (TPSA) is 102 Å². The Labute approximate surface area is 187 Å². The van der Waals surface area contributed by atoms with Gasteiger partial charge in [0.1, 0.15) is 5.75 Å². The quantitative estimate of drug-likeness (QED) is 0.335. The molecule has 3 aromatic rings. The largest absolute Gasteiger partial charge is 0.507 e. The molecule has 0 spiro atoms. The Morgan fingerprint density at radius 3 is 2.31 bits per heavy atom. The van der Waals surface area contributed by atoms with E-state index in [0.29, 0.717) is 17.9 Å². The van der Waals surface area contributed by atoms with Crippen molar-refractivity contribution in [1.82, 2.24) is 5.32 Å². The first-order valence-electron chi connectivity index (χ1n) is 10.4. The van der Waals surface area contributed by atoms with E-state index in [1.54, 1.807) is 6.07 Å². The van der Waals surface area contributed by atoms with Gasteiger partial charge in [-0.2, -0.15) is 0 Å². The number of carbonyl (C=O) groups is 2. The Balaban J connectivity index is 1.74. The first kappa shape index (κ1) is 22.7. The second kappa shape index (κ2) is 10.3. The molecule has 0 aliphatic heterocycles. The van der Waals surface area contributed by atoms with Crippen LogP contribution < -0.4 is 21.3 Å². The predicted molar refractivity (Wildman–Crippen MR) is 128 cm³/mol. The molecule has 0 aliphatic carbocycles. The second-order valence-electron chi connectivity index (χ2n) is 7.76. The average molecular weight is 433 g/mol. The Bertz CT molecular complexity index is 1110. The summed E-state index contributed by atoms with van der Waals surface area (Å²) in [5.41, 5.74) is 4.13. The van der Waals surface area contributed by atoms with Gasteiger partial charge < -0.3 is 26.4 Å². The van der Waals surface area contributed by atoms with Crippen LogP contribution in [0.5, 0.6) is 5.75 Å². The third kappa shape index (κ3) is 6.01. The van der Waals surface area contributed by atoms with Gasteiger partial charge in [-0.05, 0) is 62.2 Å². The maximum Gasteiger partial charge on any atom is 0.319 e. The number of phenolic OH excluding ortho intramolecular Hbond substituents is 1. The van der Waals surface area contributed by atoms with Gasteiger partial charge in [-0.25, -0.2) is 4.79 Å². The molecule has 0 saturated heterocycles. The van der Waals surface area contributed by atoms with Gasteiger partial charge in [-0.1, -0.05) is 36.4 Å². The molecule has 0 aromatic heterocycles. The molecule has 0 fully saturated rings. The SMILES string of the molecule is Cc1ccccc1CNc1ccccc1NC(=O)c1cc(NC(=O)NC(C)C)ccc1O.